The Kier molecular flexibility index (Phi) is 3.54. The van der Waals surface area contributed by atoms with Gasteiger partial charge in [0.05, 0.1) is 0 Å². The Balaban J connectivity index is 2.55. The van der Waals surface area contributed by atoms with Gasteiger partial charge in [-0.1, -0.05) is 32.1 Å². The monoisotopic (exact) mass is 165 g/mol. The highest BCUT2D eigenvalue weighted by atomic mass is 15.1. The molecule has 0 saturated heterocycles. The molecule has 0 amide bonds. The van der Waals surface area contributed by atoms with E-state index < -0.39 is 0 Å². The lowest BCUT2D eigenvalue weighted by molar-refractivity contribution is 0.261. The highest BCUT2D eigenvalue weighted by Crippen LogP contribution is 2.17. The van der Waals surface area contributed by atoms with E-state index in [1.807, 2.05) is 0 Å². The molecule has 0 heterocycles. The second-order valence-electron chi connectivity index (χ2n) is 3.24. The zero-order valence-electron chi connectivity index (χ0n) is 8.38. The fourth-order valence-corrected chi connectivity index (χ4v) is 1.77. The van der Waals surface area contributed by atoms with Crippen molar-refractivity contribution in [3.05, 3.63) is 23.8 Å². The van der Waals surface area contributed by atoms with Crippen molar-refractivity contribution in [2.75, 3.05) is 13.1 Å². The molecule has 0 radical (unpaired) electrons. The number of hydrogen-bond donors (Lipinski definition) is 0. The third-order valence-electron chi connectivity index (χ3n) is 2.64. The average molecular weight is 165 g/mol. The zero-order chi connectivity index (χ0) is 8.97. The highest BCUT2D eigenvalue weighted by Gasteiger charge is 2.13. The lowest BCUT2D eigenvalue weighted by atomic mass is 10.1. The van der Waals surface area contributed by atoms with Crippen LogP contribution >= 0.6 is 0 Å². The highest BCUT2D eigenvalue weighted by molar-refractivity contribution is 5.30. The van der Waals surface area contributed by atoms with Crippen molar-refractivity contribution < 1.29 is 0 Å². The second-order valence-corrected chi connectivity index (χ2v) is 3.24. The maximum Gasteiger partial charge on any atom is 0.0316 e. The minimum Gasteiger partial charge on any atom is -0.297 e. The summed E-state index contributed by atoms with van der Waals surface area (Å²) in [6, 6.07) is 0.596. The Hall–Kier alpha value is -0.560. The van der Waals surface area contributed by atoms with Crippen molar-refractivity contribution in [1.29, 1.82) is 0 Å². The van der Waals surface area contributed by atoms with Crippen LogP contribution in [-0.4, -0.2) is 24.0 Å². The van der Waals surface area contributed by atoms with Gasteiger partial charge in [0.25, 0.3) is 0 Å². The molecule has 1 heteroatoms. The van der Waals surface area contributed by atoms with E-state index in [0.29, 0.717) is 6.04 Å². The largest absolute Gasteiger partial charge is 0.297 e. The van der Waals surface area contributed by atoms with Crippen LogP contribution in [0.1, 0.15) is 27.2 Å². The summed E-state index contributed by atoms with van der Waals surface area (Å²) in [6.07, 6.45) is 7.93. The fourth-order valence-electron chi connectivity index (χ4n) is 1.77. The molecule has 1 nitrogen and oxygen atoms in total. The van der Waals surface area contributed by atoms with Crippen LogP contribution in [-0.2, 0) is 0 Å². The Morgan fingerprint density at radius 3 is 2.50 bits per heavy atom. The summed E-state index contributed by atoms with van der Waals surface area (Å²) in [6.45, 7) is 9.01. The standard InChI is InChI=1S/C11H19N/c1-4-12(5-2)10(3)11-8-6-7-9-11/h6,8-10H,4-5,7H2,1-3H3. The topological polar surface area (TPSA) is 3.24 Å². The molecule has 0 aliphatic heterocycles. The first-order valence-electron chi connectivity index (χ1n) is 4.90. The molecule has 0 N–H and O–H groups in total. The molecular formula is C11H19N. The van der Waals surface area contributed by atoms with Gasteiger partial charge >= 0.3 is 0 Å². The van der Waals surface area contributed by atoms with E-state index in [4.69, 9.17) is 0 Å². The third kappa shape index (κ3) is 1.98. The summed E-state index contributed by atoms with van der Waals surface area (Å²) in [5.41, 5.74) is 1.48. The Morgan fingerprint density at radius 2 is 2.08 bits per heavy atom. The third-order valence-corrected chi connectivity index (χ3v) is 2.64. The maximum absolute atomic E-state index is 2.47. The summed E-state index contributed by atoms with van der Waals surface area (Å²) < 4.78 is 0. The Bertz CT molecular complexity index is 187. The Morgan fingerprint density at radius 1 is 1.42 bits per heavy atom. The van der Waals surface area contributed by atoms with Crippen molar-refractivity contribution in [1.82, 2.24) is 4.90 Å². The smallest absolute Gasteiger partial charge is 0.0316 e. The summed E-state index contributed by atoms with van der Waals surface area (Å²) >= 11 is 0. The van der Waals surface area contributed by atoms with Gasteiger partial charge in [-0.2, -0.15) is 0 Å². The minimum absolute atomic E-state index is 0.596. The molecule has 0 saturated carbocycles. The first kappa shape index (κ1) is 9.53. The fraction of sp³-hybridized carbons (Fsp3) is 0.636. The van der Waals surface area contributed by atoms with Gasteiger partial charge in [-0.3, -0.25) is 4.90 Å². The molecule has 1 aliphatic carbocycles. The van der Waals surface area contributed by atoms with E-state index in [2.05, 4.69) is 43.9 Å². The number of allylic oxidation sites excluding steroid dienone is 2. The molecule has 1 aliphatic rings. The SMILES string of the molecule is CCN(CC)C(C)C1=CCC=C1. The van der Waals surface area contributed by atoms with Crippen molar-refractivity contribution >= 4 is 0 Å². The molecule has 0 spiro atoms. The molecule has 0 aromatic heterocycles. The van der Waals surface area contributed by atoms with Crippen LogP contribution in [0.15, 0.2) is 23.8 Å². The number of hydrogen-bond acceptors (Lipinski definition) is 1. The first-order chi connectivity index (χ1) is 5.79. The number of rotatable bonds is 4. The zero-order valence-corrected chi connectivity index (χ0v) is 8.38. The molecule has 1 rings (SSSR count). The van der Waals surface area contributed by atoms with Crippen molar-refractivity contribution in [3.63, 3.8) is 0 Å². The summed E-state index contributed by atoms with van der Waals surface area (Å²) in [5, 5.41) is 0. The van der Waals surface area contributed by atoms with Crippen molar-refractivity contribution in [2.24, 2.45) is 0 Å². The Labute approximate surface area is 75.8 Å². The van der Waals surface area contributed by atoms with Gasteiger partial charge in [-0.05, 0) is 32.0 Å². The van der Waals surface area contributed by atoms with Gasteiger partial charge in [0.1, 0.15) is 0 Å². The van der Waals surface area contributed by atoms with Gasteiger partial charge in [0.2, 0.25) is 0 Å². The molecule has 1 atom stereocenters. The quantitative estimate of drug-likeness (QED) is 0.619. The van der Waals surface area contributed by atoms with Gasteiger partial charge in [0, 0.05) is 6.04 Å². The molecular weight excluding hydrogens is 146 g/mol. The van der Waals surface area contributed by atoms with Crippen molar-refractivity contribution in [3.8, 4) is 0 Å². The molecule has 0 aromatic carbocycles. The molecule has 1 unspecified atom stereocenters. The van der Waals surface area contributed by atoms with E-state index in [-0.39, 0.29) is 0 Å². The van der Waals surface area contributed by atoms with Gasteiger partial charge in [-0.25, -0.2) is 0 Å². The van der Waals surface area contributed by atoms with Crippen LogP contribution in [0, 0.1) is 0 Å². The summed E-state index contributed by atoms with van der Waals surface area (Å²) in [7, 11) is 0. The van der Waals surface area contributed by atoms with E-state index in [1.165, 1.54) is 5.57 Å². The normalized spacial score (nSPS) is 18.5. The van der Waals surface area contributed by atoms with E-state index in [9.17, 15) is 0 Å². The average Bonchev–Trinajstić information content (AvgIpc) is 2.58. The maximum atomic E-state index is 2.47. The van der Waals surface area contributed by atoms with Crippen LogP contribution in [0.5, 0.6) is 0 Å². The van der Waals surface area contributed by atoms with Gasteiger partial charge in [-0.15, -0.1) is 0 Å². The summed E-state index contributed by atoms with van der Waals surface area (Å²) in [5.74, 6) is 0. The van der Waals surface area contributed by atoms with E-state index >= 15 is 0 Å². The van der Waals surface area contributed by atoms with Crippen molar-refractivity contribution in [2.45, 2.75) is 33.2 Å². The van der Waals surface area contributed by atoms with Crippen LogP contribution < -0.4 is 0 Å². The minimum atomic E-state index is 0.596. The van der Waals surface area contributed by atoms with Gasteiger partial charge in [0.15, 0.2) is 0 Å². The molecule has 0 fully saturated rings. The molecule has 68 valence electrons. The number of likely N-dealkylation sites (N-methyl/N-ethyl adjacent to an activating group) is 1. The second kappa shape index (κ2) is 4.46. The summed E-state index contributed by atoms with van der Waals surface area (Å²) in [4.78, 5) is 2.47. The van der Waals surface area contributed by atoms with Crippen LogP contribution in [0.2, 0.25) is 0 Å². The predicted molar refractivity (Wildman–Crippen MR) is 54.2 cm³/mol. The lowest BCUT2D eigenvalue weighted by Crippen LogP contribution is -2.33. The molecule has 0 aromatic rings. The van der Waals surface area contributed by atoms with Crippen LogP contribution in [0.3, 0.4) is 0 Å². The molecule has 0 bridgehead atoms. The van der Waals surface area contributed by atoms with Crippen LogP contribution in [0.25, 0.3) is 0 Å². The van der Waals surface area contributed by atoms with E-state index in [1.54, 1.807) is 0 Å². The molecule has 12 heavy (non-hydrogen) atoms. The lowest BCUT2D eigenvalue weighted by Gasteiger charge is -2.26. The van der Waals surface area contributed by atoms with E-state index in [0.717, 1.165) is 19.5 Å². The first-order valence-corrected chi connectivity index (χ1v) is 4.90. The predicted octanol–water partition coefficient (Wildman–Crippen LogP) is 2.60. The van der Waals surface area contributed by atoms with Gasteiger partial charge < -0.3 is 0 Å². The van der Waals surface area contributed by atoms with Crippen LogP contribution in [0.4, 0.5) is 0 Å². The number of nitrogens with zero attached hydrogens (tertiary/aromatic N) is 1.